The first kappa shape index (κ1) is 33.6. The minimum atomic E-state index is -0.717. The van der Waals surface area contributed by atoms with Gasteiger partial charge in [-0.15, -0.1) is 11.5 Å². The van der Waals surface area contributed by atoms with Crippen LogP contribution in [-0.4, -0.2) is 22.5 Å². The van der Waals surface area contributed by atoms with Gasteiger partial charge in [-0.2, -0.15) is 5.10 Å². The Bertz CT molecular complexity index is 1580. The molecule has 7 nitrogen and oxygen atoms in total. The van der Waals surface area contributed by atoms with Gasteiger partial charge in [0.25, 0.3) is 12.1 Å². The second-order valence-electron chi connectivity index (χ2n) is 15.8. The Labute approximate surface area is 275 Å². The summed E-state index contributed by atoms with van der Waals surface area (Å²) in [5.41, 5.74) is 9.06. The molecule has 0 radical (unpaired) electrons. The molecule has 5 rings (SSSR count). The van der Waals surface area contributed by atoms with Crippen molar-refractivity contribution in [1.82, 2.24) is 0 Å². The van der Waals surface area contributed by atoms with Gasteiger partial charge in [-0.05, 0) is 125 Å². The van der Waals surface area contributed by atoms with Crippen LogP contribution < -0.4 is 5.84 Å². The molecule has 0 amide bonds. The Morgan fingerprint density at radius 3 is 2.46 bits per heavy atom. The van der Waals surface area contributed by atoms with Crippen molar-refractivity contribution < 1.29 is 9.90 Å². The molecule has 7 heteroatoms. The summed E-state index contributed by atoms with van der Waals surface area (Å²) in [6.45, 7) is 21.8. The van der Waals surface area contributed by atoms with Gasteiger partial charge >= 0.3 is 5.97 Å². The molecule has 46 heavy (non-hydrogen) atoms. The molecule has 4 N–H and O–H groups in total. The minimum Gasteiger partial charge on any atom is -0.481 e. The number of benzene rings is 1. The average molecular weight is 623 g/mol. The van der Waals surface area contributed by atoms with Gasteiger partial charge in [-0.1, -0.05) is 54.1 Å². The normalized spacial score (nSPS) is 38.8. The number of rotatable bonds is 4. The van der Waals surface area contributed by atoms with Crippen LogP contribution in [0.2, 0.25) is 0 Å². The van der Waals surface area contributed by atoms with Crippen LogP contribution in [0.3, 0.4) is 0 Å². The first-order chi connectivity index (χ1) is 21.7. The third-order valence-electron chi connectivity index (χ3n) is 14.0. The smallest absolute Gasteiger partial charge is 0.309 e. The number of fused-ring (bicyclic) bond motifs is 5. The molecule has 3 saturated carbocycles. The highest BCUT2D eigenvalue weighted by Crippen LogP contribution is 2.73. The predicted octanol–water partition coefficient (Wildman–Crippen LogP) is 9.16. The van der Waals surface area contributed by atoms with Crippen LogP contribution in [0.4, 0.5) is 0 Å². The molecule has 0 aliphatic heterocycles. The van der Waals surface area contributed by atoms with Gasteiger partial charge in [0.1, 0.15) is 0 Å². The molecule has 8 atom stereocenters. The lowest BCUT2D eigenvalue weighted by Crippen LogP contribution is -2.61. The van der Waals surface area contributed by atoms with Crippen LogP contribution in [-0.2, 0) is 4.79 Å². The molecule has 0 bridgehead atoms. The maximum absolute atomic E-state index is 13.0. The molecule has 4 aliphatic carbocycles. The van der Waals surface area contributed by atoms with Crippen LogP contribution >= 0.6 is 0 Å². The first-order valence-corrected chi connectivity index (χ1v) is 17.0. The largest absolute Gasteiger partial charge is 0.481 e. The number of amidine groups is 1. The lowest BCUT2D eigenvalue weighted by atomic mass is 9.38. The highest BCUT2D eigenvalue weighted by Gasteiger charge is 2.70. The molecule has 1 aromatic carbocycles. The monoisotopic (exact) mass is 622 g/mol. The van der Waals surface area contributed by atoms with Gasteiger partial charge in [-0.25, -0.2) is 5.53 Å². The van der Waals surface area contributed by atoms with E-state index in [-0.39, 0.29) is 29.0 Å². The molecule has 244 valence electrons. The fourth-order valence-electron chi connectivity index (χ4n) is 10.8. The van der Waals surface area contributed by atoms with Crippen molar-refractivity contribution in [1.29, 1.82) is 5.53 Å². The predicted molar refractivity (Wildman–Crippen MR) is 185 cm³/mol. The van der Waals surface area contributed by atoms with E-state index in [0.717, 1.165) is 68.1 Å². The van der Waals surface area contributed by atoms with Gasteiger partial charge in [0, 0.05) is 24.3 Å². The lowest BCUT2D eigenvalue weighted by Gasteiger charge is -2.64. The molecular weight excluding hydrogens is 570 g/mol. The maximum Gasteiger partial charge on any atom is 0.309 e. The summed E-state index contributed by atoms with van der Waals surface area (Å²) in [6, 6.07) is 7.89. The minimum absolute atomic E-state index is 0.0127. The van der Waals surface area contributed by atoms with Gasteiger partial charge in [-0.3, -0.25) is 4.79 Å². The van der Waals surface area contributed by atoms with Crippen molar-refractivity contribution in [3.05, 3.63) is 58.5 Å². The molecule has 1 aromatic rings. The molecule has 4 aliphatic rings. The van der Waals surface area contributed by atoms with Crippen LogP contribution in [0.25, 0.3) is 10.4 Å². The van der Waals surface area contributed by atoms with Gasteiger partial charge in [0.15, 0.2) is 5.84 Å². The third kappa shape index (κ3) is 4.68. The number of terminal acetylenes is 1. The zero-order chi connectivity index (χ0) is 33.7. The van der Waals surface area contributed by atoms with E-state index >= 15 is 0 Å². The molecular formula is C39H52N5O2+. The number of nitrogens with one attached hydrogen (secondary N) is 1. The highest BCUT2D eigenvalue weighted by atomic mass is 16.4. The SMILES string of the molecule is C#CC12CCC3(C(=O)O)CCC(C(=C)C)C3C1CCC1CCC=C(c3cccc(C(N=N)=NN)c3)C(C)(C)C(C)([N+]#C)CCC12C. The first-order valence-electron chi connectivity index (χ1n) is 17.0. The number of aliphatic carboxylic acids is 1. The molecule has 0 spiro atoms. The van der Waals surface area contributed by atoms with Crippen LogP contribution in [0.1, 0.15) is 110 Å². The Kier molecular flexibility index (Phi) is 8.65. The summed E-state index contributed by atoms with van der Waals surface area (Å²) in [4.78, 5) is 17.7. The number of hydrogen-bond donors (Lipinski definition) is 3. The van der Waals surface area contributed by atoms with Gasteiger partial charge in [0.2, 0.25) is 0 Å². The molecule has 0 aromatic heterocycles. The average Bonchev–Trinajstić information content (AvgIpc) is 3.45. The quantitative estimate of drug-likeness (QED) is 0.0591. The van der Waals surface area contributed by atoms with Crippen LogP contribution in [0.5, 0.6) is 0 Å². The van der Waals surface area contributed by atoms with E-state index in [1.165, 1.54) is 0 Å². The Morgan fingerprint density at radius 1 is 1.11 bits per heavy atom. The summed E-state index contributed by atoms with van der Waals surface area (Å²) < 4.78 is 0. The van der Waals surface area contributed by atoms with E-state index < -0.39 is 27.8 Å². The van der Waals surface area contributed by atoms with Gasteiger partial charge < -0.3 is 10.9 Å². The van der Waals surface area contributed by atoms with E-state index in [2.05, 4.69) is 74.3 Å². The van der Waals surface area contributed by atoms with E-state index in [1.807, 2.05) is 18.2 Å². The number of carboxylic acids is 1. The number of allylic oxidation sites excluding steroid dienone is 2. The Morgan fingerprint density at radius 2 is 1.85 bits per heavy atom. The standard InChI is InChI=1S/C39H51N5O2/c1-9-39-23-22-38(34(45)46)19-18-29(25(2)3)32(38)31(39)17-16-28-14-11-15-30(26-12-10-13-27(24-26)33(43-40)44-41)35(4,5)37(7,42-8)21-20-36(28,39)6/h1,8,10,12-13,15,24,28-29,31-32H,2,11,14,16-23H2,3-7H3,(H3-,40,41,45,46)/p+1. The van der Waals surface area contributed by atoms with Crippen LogP contribution in [0.15, 0.2) is 52.7 Å². The molecule has 0 heterocycles. The zero-order valence-corrected chi connectivity index (χ0v) is 28.4. The number of carbonyl (C=O) groups is 1. The van der Waals surface area contributed by atoms with E-state index in [9.17, 15) is 9.90 Å². The third-order valence-corrected chi connectivity index (χ3v) is 14.0. The summed E-state index contributed by atoms with van der Waals surface area (Å²) in [5, 5.41) is 17.9. The fraction of sp³-hybridized carbons (Fsp3) is 0.615. The topological polar surface area (TPSA) is 116 Å². The number of hydrogen-bond acceptors (Lipinski definition) is 4. The Hall–Kier alpha value is -3.71. The van der Waals surface area contributed by atoms with E-state index in [0.29, 0.717) is 24.3 Å². The fourth-order valence-corrected chi connectivity index (χ4v) is 10.8. The second kappa shape index (κ2) is 11.8. The van der Waals surface area contributed by atoms with Crippen LogP contribution in [0, 0.1) is 69.8 Å². The summed E-state index contributed by atoms with van der Waals surface area (Å²) >= 11 is 0. The van der Waals surface area contributed by atoms with Crippen molar-refractivity contribution >= 4 is 17.4 Å². The Balaban J connectivity index is 1.61. The number of nitrogens with two attached hydrogens (primary N) is 1. The highest BCUT2D eigenvalue weighted by molar-refractivity contribution is 5.99. The van der Waals surface area contributed by atoms with E-state index in [4.69, 9.17) is 24.4 Å². The summed E-state index contributed by atoms with van der Waals surface area (Å²) in [7, 11) is 0. The number of nitrogens with zero attached hydrogens (tertiary/aromatic N) is 3. The maximum atomic E-state index is 13.0. The lowest BCUT2D eigenvalue weighted by molar-refractivity contribution is -0.177. The zero-order valence-electron chi connectivity index (χ0n) is 28.4. The van der Waals surface area contributed by atoms with Crippen molar-refractivity contribution in [3.8, 4) is 18.9 Å². The van der Waals surface area contributed by atoms with E-state index in [1.54, 1.807) is 0 Å². The van der Waals surface area contributed by atoms with Crippen molar-refractivity contribution in [3.63, 3.8) is 0 Å². The summed E-state index contributed by atoms with van der Waals surface area (Å²) in [5.74, 6) is 9.24. The molecule has 3 fully saturated rings. The van der Waals surface area contributed by atoms with Crippen molar-refractivity contribution in [2.45, 2.75) is 104 Å². The number of hydrazone groups is 1. The second-order valence-corrected chi connectivity index (χ2v) is 15.8. The van der Waals surface area contributed by atoms with Crippen molar-refractivity contribution in [2.75, 3.05) is 0 Å². The summed E-state index contributed by atoms with van der Waals surface area (Å²) in [6.07, 6.45) is 17.5. The molecule has 0 saturated heterocycles. The number of carboxylic acid groups (broad SMARTS) is 1. The van der Waals surface area contributed by atoms with Gasteiger partial charge in [0.05, 0.1) is 10.8 Å². The van der Waals surface area contributed by atoms with Crippen molar-refractivity contribution in [2.24, 2.45) is 61.4 Å². The molecule has 8 unspecified atom stereocenters.